The van der Waals surface area contributed by atoms with Gasteiger partial charge in [-0.25, -0.2) is 0 Å². The van der Waals surface area contributed by atoms with Crippen LogP contribution in [0, 0.1) is 5.92 Å². The molecule has 2 heterocycles. The van der Waals surface area contributed by atoms with Gasteiger partial charge in [0.2, 0.25) is 5.91 Å². The summed E-state index contributed by atoms with van der Waals surface area (Å²) in [5.41, 5.74) is 0. The fourth-order valence-electron chi connectivity index (χ4n) is 3.59. The third-order valence-electron chi connectivity index (χ3n) is 4.47. The molecule has 4 heteroatoms. The van der Waals surface area contributed by atoms with Crippen LogP contribution < -0.4 is 5.32 Å². The van der Waals surface area contributed by atoms with Crippen molar-refractivity contribution in [3.05, 3.63) is 0 Å². The predicted molar refractivity (Wildman–Crippen MR) is 78.1 cm³/mol. The van der Waals surface area contributed by atoms with Gasteiger partial charge in [-0.3, -0.25) is 4.79 Å². The maximum Gasteiger partial charge on any atom is 0.239 e. The standard InChI is InChI=1S/C15H29N3O/c1-11(2)16-13-6-5-8-18(15(13)19)14-7-9-17(4)10-12(14)3/h11-14,16H,5-10H2,1-4H3. The summed E-state index contributed by atoms with van der Waals surface area (Å²) in [4.78, 5) is 17.2. The molecule has 110 valence electrons. The molecule has 0 aliphatic carbocycles. The van der Waals surface area contributed by atoms with Crippen LogP contribution in [0.4, 0.5) is 0 Å². The zero-order chi connectivity index (χ0) is 14.0. The monoisotopic (exact) mass is 267 g/mol. The van der Waals surface area contributed by atoms with Crippen LogP contribution in [-0.4, -0.2) is 60.5 Å². The van der Waals surface area contributed by atoms with E-state index in [1.807, 2.05) is 0 Å². The lowest BCUT2D eigenvalue weighted by Gasteiger charge is -2.45. The van der Waals surface area contributed by atoms with Gasteiger partial charge in [0.15, 0.2) is 0 Å². The topological polar surface area (TPSA) is 35.6 Å². The van der Waals surface area contributed by atoms with Crippen molar-refractivity contribution < 1.29 is 4.79 Å². The molecule has 2 saturated heterocycles. The van der Waals surface area contributed by atoms with E-state index in [4.69, 9.17) is 0 Å². The molecule has 19 heavy (non-hydrogen) atoms. The summed E-state index contributed by atoms with van der Waals surface area (Å²) < 4.78 is 0. The lowest BCUT2D eigenvalue weighted by Crippen LogP contribution is -2.59. The highest BCUT2D eigenvalue weighted by Crippen LogP contribution is 2.25. The highest BCUT2D eigenvalue weighted by molar-refractivity contribution is 5.83. The summed E-state index contributed by atoms with van der Waals surface area (Å²) in [6.45, 7) is 9.69. The van der Waals surface area contributed by atoms with Crippen LogP contribution >= 0.6 is 0 Å². The first-order chi connectivity index (χ1) is 8.99. The second kappa shape index (κ2) is 6.23. The van der Waals surface area contributed by atoms with Crippen molar-refractivity contribution in [3.63, 3.8) is 0 Å². The molecule has 0 saturated carbocycles. The van der Waals surface area contributed by atoms with Crippen molar-refractivity contribution in [2.45, 2.75) is 58.2 Å². The Morgan fingerprint density at radius 2 is 2.00 bits per heavy atom. The fraction of sp³-hybridized carbons (Fsp3) is 0.933. The number of nitrogens with one attached hydrogen (secondary N) is 1. The van der Waals surface area contributed by atoms with Gasteiger partial charge < -0.3 is 15.1 Å². The van der Waals surface area contributed by atoms with Crippen LogP contribution in [-0.2, 0) is 4.79 Å². The molecular weight excluding hydrogens is 238 g/mol. The van der Waals surface area contributed by atoms with Crippen LogP contribution in [0.15, 0.2) is 0 Å². The molecule has 3 unspecified atom stereocenters. The van der Waals surface area contributed by atoms with Gasteiger partial charge in [0.25, 0.3) is 0 Å². The van der Waals surface area contributed by atoms with Crippen molar-refractivity contribution in [2.24, 2.45) is 5.92 Å². The van der Waals surface area contributed by atoms with Gasteiger partial charge >= 0.3 is 0 Å². The Bertz CT molecular complexity index is 319. The molecule has 0 aromatic carbocycles. The first-order valence-electron chi connectivity index (χ1n) is 7.74. The summed E-state index contributed by atoms with van der Waals surface area (Å²) in [6.07, 6.45) is 3.25. The molecule has 1 amide bonds. The lowest BCUT2D eigenvalue weighted by molar-refractivity contribution is -0.141. The molecule has 0 aromatic rings. The smallest absolute Gasteiger partial charge is 0.239 e. The molecule has 4 nitrogen and oxygen atoms in total. The van der Waals surface area contributed by atoms with Gasteiger partial charge in [-0.1, -0.05) is 20.8 Å². The van der Waals surface area contributed by atoms with E-state index in [0.29, 0.717) is 23.9 Å². The first-order valence-corrected chi connectivity index (χ1v) is 7.74. The van der Waals surface area contributed by atoms with E-state index in [1.165, 1.54) is 0 Å². The Hall–Kier alpha value is -0.610. The van der Waals surface area contributed by atoms with Gasteiger partial charge in [-0.05, 0) is 38.8 Å². The lowest BCUT2D eigenvalue weighted by atomic mass is 9.90. The fourth-order valence-corrected chi connectivity index (χ4v) is 3.59. The van der Waals surface area contributed by atoms with Crippen molar-refractivity contribution >= 4 is 5.91 Å². The zero-order valence-corrected chi connectivity index (χ0v) is 12.9. The minimum atomic E-state index is 0.0422. The van der Waals surface area contributed by atoms with Crippen molar-refractivity contribution in [1.82, 2.24) is 15.1 Å². The average molecular weight is 267 g/mol. The molecule has 0 spiro atoms. The SMILES string of the molecule is CC(C)NC1CCCN(C2CCN(C)CC2C)C1=O. The number of hydrogen-bond acceptors (Lipinski definition) is 3. The summed E-state index contributed by atoms with van der Waals surface area (Å²) >= 11 is 0. The third kappa shape index (κ3) is 3.48. The van der Waals surface area contributed by atoms with Gasteiger partial charge in [0.1, 0.15) is 0 Å². The Labute approximate surface area is 117 Å². The van der Waals surface area contributed by atoms with E-state index in [2.05, 4.69) is 42.9 Å². The molecule has 1 N–H and O–H groups in total. The van der Waals surface area contributed by atoms with Crippen molar-refractivity contribution in [1.29, 1.82) is 0 Å². The number of amides is 1. The molecular formula is C15H29N3O. The van der Waals surface area contributed by atoms with Crippen LogP contribution in [0.1, 0.15) is 40.0 Å². The average Bonchev–Trinajstić information content (AvgIpc) is 2.32. The number of piperidine rings is 2. The second-order valence-corrected chi connectivity index (χ2v) is 6.64. The molecule has 3 atom stereocenters. The minimum absolute atomic E-state index is 0.0422. The zero-order valence-electron chi connectivity index (χ0n) is 12.9. The minimum Gasteiger partial charge on any atom is -0.338 e. The number of nitrogens with zero attached hydrogens (tertiary/aromatic N) is 2. The summed E-state index contributed by atoms with van der Waals surface area (Å²) in [7, 11) is 2.17. The summed E-state index contributed by atoms with van der Waals surface area (Å²) in [5.74, 6) is 0.918. The van der Waals surface area contributed by atoms with Gasteiger partial charge in [0.05, 0.1) is 6.04 Å². The number of rotatable bonds is 3. The van der Waals surface area contributed by atoms with E-state index in [0.717, 1.165) is 38.9 Å². The molecule has 0 radical (unpaired) electrons. The van der Waals surface area contributed by atoms with Crippen LogP contribution in [0.5, 0.6) is 0 Å². The molecule has 2 aliphatic heterocycles. The first kappa shape index (κ1) is 14.8. The second-order valence-electron chi connectivity index (χ2n) is 6.64. The van der Waals surface area contributed by atoms with E-state index < -0.39 is 0 Å². The molecule has 0 bridgehead atoms. The highest BCUT2D eigenvalue weighted by Gasteiger charge is 2.37. The summed E-state index contributed by atoms with van der Waals surface area (Å²) in [5, 5.41) is 3.42. The van der Waals surface area contributed by atoms with Gasteiger partial charge in [-0.15, -0.1) is 0 Å². The molecule has 0 aromatic heterocycles. The largest absolute Gasteiger partial charge is 0.338 e. The van der Waals surface area contributed by atoms with Crippen LogP contribution in [0.2, 0.25) is 0 Å². The van der Waals surface area contributed by atoms with Crippen LogP contribution in [0.3, 0.4) is 0 Å². The highest BCUT2D eigenvalue weighted by atomic mass is 16.2. The Morgan fingerprint density at radius 3 is 2.63 bits per heavy atom. The van der Waals surface area contributed by atoms with Crippen molar-refractivity contribution in [2.75, 3.05) is 26.7 Å². The quantitative estimate of drug-likeness (QED) is 0.837. The van der Waals surface area contributed by atoms with Crippen LogP contribution in [0.25, 0.3) is 0 Å². The number of carbonyl (C=O) groups excluding carboxylic acids is 1. The Morgan fingerprint density at radius 1 is 1.26 bits per heavy atom. The Balaban J connectivity index is 2.01. The predicted octanol–water partition coefficient (Wildman–Crippen LogP) is 1.32. The molecule has 2 rings (SSSR count). The molecule has 2 aliphatic rings. The number of carbonyl (C=O) groups is 1. The van der Waals surface area contributed by atoms with E-state index in [9.17, 15) is 4.79 Å². The van der Waals surface area contributed by atoms with E-state index >= 15 is 0 Å². The van der Waals surface area contributed by atoms with Crippen molar-refractivity contribution in [3.8, 4) is 0 Å². The van der Waals surface area contributed by atoms with Gasteiger partial charge in [0, 0.05) is 25.2 Å². The maximum atomic E-state index is 12.6. The maximum absolute atomic E-state index is 12.6. The molecule has 2 fully saturated rings. The third-order valence-corrected chi connectivity index (χ3v) is 4.47. The number of likely N-dealkylation sites (tertiary alicyclic amines) is 2. The number of hydrogen-bond donors (Lipinski definition) is 1. The Kier molecular flexibility index (Phi) is 4.85. The van der Waals surface area contributed by atoms with E-state index in [-0.39, 0.29) is 6.04 Å². The normalized spacial score (nSPS) is 34.1. The van der Waals surface area contributed by atoms with Gasteiger partial charge in [-0.2, -0.15) is 0 Å². The summed E-state index contributed by atoms with van der Waals surface area (Å²) in [6, 6.07) is 0.866. The van der Waals surface area contributed by atoms with E-state index in [1.54, 1.807) is 0 Å².